The van der Waals surface area contributed by atoms with Crippen LogP contribution in [0.1, 0.15) is 26.2 Å². The van der Waals surface area contributed by atoms with E-state index in [2.05, 4.69) is 30.4 Å². The van der Waals surface area contributed by atoms with E-state index in [0.29, 0.717) is 0 Å². The Morgan fingerprint density at radius 1 is 1.25 bits per heavy atom. The fraction of sp³-hybridized carbons (Fsp3) is 1.00. The molecule has 72 valence electrons. The largest absolute Gasteiger partial charge is 0.381 e. The summed E-state index contributed by atoms with van der Waals surface area (Å²) < 4.78 is 6.33. The topological polar surface area (TPSA) is 9.23 Å². The normalized spacial score (nSPS) is 18.8. The molecular formula is C9H18OS2. The van der Waals surface area contributed by atoms with Crippen LogP contribution in [-0.4, -0.2) is 29.3 Å². The van der Waals surface area contributed by atoms with Crippen molar-refractivity contribution in [2.75, 3.05) is 24.7 Å². The van der Waals surface area contributed by atoms with E-state index in [-0.39, 0.29) is 0 Å². The maximum atomic E-state index is 5.51. The molecule has 1 rings (SSSR count). The Labute approximate surface area is 84.0 Å². The van der Waals surface area contributed by atoms with Gasteiger partial charge >= 0.3 is 0 Å². The molecular weight excluding hydrogens is 188 g/mol. The molecule has 0 saturated carbocycles. The number of hydrogen-bond donors (Lipinski definition) is 0. The smallest absolute Gasteiger partial charge is 0.0525 e. The summed E-state index contributed by atoms with van der Waals surface area (Å²) in [5, 5.41) is 0. The van der Waals surface area contributed by atoms with Crippen LogP contribution in [0.2, 0.25) is 0 Å². The molecule has 1 nitrogen and oxygen atoms in total. The second-order valence-corrected chi connectivity index (χ2v) is 5.85. The molecule has 0 amide bonds. The van der Waals surface area contributed by atoms with Crippen LogP contribution in [0, 0.1) is 0 Å². The zero-order chi connectivity index (χ0) is 8.65. The predicted octanol–water partition coefficient (Wildman–Crippen LogP) is 3.00. The van der Waals surface area contributed by atoms with Gasteiger partial charge in [-0.3, -0.25) is 0 Å². The molecule has 0 aromatic rings. The van der Waals surface area contributed by atoms with Crippen LogP contribution in [0.15, 0.2) is 0 Å². The Balaban J connectivity index is 1.81. The average Bonchev–Trinajstić information content (AvgIpc) is 2.57. The molecule has 0 atom stereocenters. The van der Waals surface area contributed by atoms with Crippen molar-refractivity contribution in [2.45, 2.75) is 30.8 Å². The summed E-state index contributed by atoms with van der Waals surface area (Å²) in [7, 11) is 0. The molecule has 0 unspecified atom stereocenters. The highest BCUT2D eigenvalue weighted by molar-refractivity contribution is 8.20. The minimum absolute atomic E-state index is 0.826. The third-order valence-electron chi connectivity index (χ3n) is 1.83. The minimum atomic E-state index is 0.826. The van der Waals surface area contributed by atoms with Gasteiger partial charge in [-0.1, -0.05) is 13.3 Å². The standard InChI is InChI=1S/C9H18OS2/c1-2-3-5-10-6-4-9-11-7-8-12-9/h9H,2-8H2,1H3. The summed E-state index contributed by atoms with van der Waals surface area (Å²) >= 11 is 4.18. The van der Waals surface area contributed by atoms with E-state index in [1.165, 1.54) is 30.8 Å². The Bertz CT molecular complexity index is 103. The summed E-state index contributed by atoms with van der Waals surface area (Å²) in [5.74, 6) is 2.68. The number of unbranched alkanes of at least 4 members (excludes halogenated alkanes) is 1. The molecule has 1 aliphatic heterocycles. The van der Waals surface area contributed by atoms with Gasteiger partial charge in [0.2, 0.25) is 0 Å². The van der Waals surface area contributed by atoms with Gasteiger partial charge in [0.15, 0.2) is 0 Å². The second-order valence-electron chi connectivity index (χ2n) is 2.93. The molecule has 0 aromatic heterocycles. The van der Waals surface area contributed by atoms with Crippen molar-refractivity contribution in [3.8, 4) is 0 Å². The fourth-order valence-corrected chi connectivity index (χ4v) is 3.89. The Kier molecular flexibility index (Phi) is 6.35. The first kappa shape index (κ1) is 10.7. The molecule has 1 fully saturated rings. The zero-order valence-corrected chi connectivity index (χ0v) is 9.38. The summed E-state index contributed by atoms with van der Waals surface area (Å²) in [4.78, 5) is 0. The Morgan fingerprint density at radius 2 is 2.00 bits per heavy atom. The van der Waals surface area contributed by atoms with E-state index in [4.69, 9.17) is 4.74 Å². The maximum absolute atomic E-state index is 5.51. The van der Waals surface area contributed by atoms with E-state index in [9.17, 15) is 0 Å². The van der Waals surface area contributed by atoms with Gasteiger partial charge in [0.25, 0.3) is 0 Å². The molecule has 0 radical (unpaired) electrons. The van der Waals surface area contributed by atoms with Crippen molar-refractivity contribution in [3.63, 3.8) is 0 Å². The van der Waals surface area contributed by atoms with Gasteiger partial charge in [0.05, 0.1) is 4.58 Å². The third kappa shape index (κ3) is 4.63. The lowest BCUT2D eigenvalue weighted by molar-refractivity contribution is 0.131. The Morgan fingerprint density at radius 3 is 2.67 bits per heavy atom. The third-order valence-corrected chi connectivity index (χ3v) is 5.00. The summed E-state index contributed by atoms with van der Waals surface area (Å²) in [5.41, 5.74) is 0. The van der Waals surface area contributed by atoms with E-state index in [1.54, 1.807) is 0 Å². The fourth-order valence-electron chi connectivity index (χ4n) is 1.10. The molecule has 12 heavy (non-hydrogen) atoms. The lowest BCUT2D eigenvalue weighted by atomic mass is 10.4. The quantitative estimate of drug-likeness (QED) is 0.618. The molecule has 3 heteroatoms. The van der Waals surface area contributed by atoms with Gasteiger partial charge in [-0.25, -0.2) is 0 Å². The minimum Gasteiger partial charge on any atom is -0.381 e. The molecule has 0 aromatic carbocycles. The van der Waals surface area contributed by atoms with Crippen LogP contribution in [0.3, 0.4) is 0 Å². The molecule has 1 heterocycles. The van der Waals surface area contributed by atoms with Gasteiger partial charge in [0.1, 0.15) is 0 Å². The Hall–Kier alpha value is 0.660. The van der Waals surface area contributed by atoms with E-state index in [1.807, 2.05) is 0 Å². The van der Waals surface area contributed by atoms with Crippen molar-refractivity contribution in [1.82, 2.24) is 0 Å². The number of hydrogen-bond acceptors (Lipinski definition) is 3. The molecule has 0 spiro atoms. The van der Waals surface area contributed by atoms with Crippen molar-refractivity contribution in [3.05, 3.63) is 0 Å². The second kappa shape index (κ2) is 7.10. The average molecular weight is 206 g/mol. The van der Waals surface area contributed by atoms with Crippen molar-refractivity contribution in [1.29, 1.82) is 0 Å². The highest BCUT2D eigenvalue weighted by Crippen LogP contribution is 2.33. The lowest BCUT2D eigenvalue weighted by Crippen LogP contribution is -2.02. The predicted molar refractivity (Wildman–Crippen MR) is 59.0 cm³/mol. The van der Waals surface area contributed by atoms with E-state index < -0.39 is 0 Å². The maximum Gasteiger partial charge on any atom is 0.0525 e. The van der Waals surface area contributed by atoms with Gasteiger partial charge in [0, 0.05) is 24.7 Å². The van der Waals surface area contributed by atoms with Crippen LogP contribution in [0.25, 0.3) is 0 Å². The van der Waals surface area contributed by atoms with Gasteiger partial charge in [-0.15, -0.1) is 23.5 Å². The molecule has 1 aliphatic rings. The lowest BCUT2D eigenvalue weighted by Gasteiger charge is -2.07. The first-order chi connectivity index (χ1) is 5.93. The van der Waals surface area contributed by atoms with Crippen LogP contribution >= 0.6 is 23.5 Å². The molecule has 1 saturated heterocycles. The molecule has 0 aliphatic carbocycles. The van der Waals surface area contributed by atoms with Gasteiger partial charge in [-0.05, 0) is 12.8 Å². The van der Waals surface area contributed by atoms with Crippen LogP contribution in [0.5, 0.6) is 0 Å². The summed E-state index contributed by atoms with van der Waals surface area (Å²) in [6, 6.07) is 0. The summed E-state index contributed by atoms with van der Waals surface area (Å²) in [6.45, 7) is 4.12. The van der Waals surface area contributed by atoms with Gasteiger partial charge in [-0.2, -0.15) is 0 Å². The van der Waals surface area contributed by atoms with E-state index >= 15 is 0 Å². The highest BCUT2D eigenvalue weighted by atomic mass is 32.2. The summed E-state index contributed by atoms with van der Waals surface area (Å²) in [6.07, 6.45) is 3.69. The first-order valence-electron chi connectivity index (χ1n) is 4.74. The van der Waals surface area contributed by atoms with Crippen molar-refractivity contribution in [2.24, 2.45) is 0 Å². The molecule has 0 N–H and O–H groups in total. The number of rotatable bonds is 6. The number of thioether (sulfide) groups is 2. The van der Waals surface area contributed by atoms with E-state index in [0.717, 1.165) is 17.8 Å². The highest BCUT2D eigenvalue weighted by Gasteiger charge is 2.14. The molecule has 0 bridgehead atoms. The van der Waals surface area contributed by atoms with Gasteiger partial charge < -0.3 is 4.74 Å². The van der Waals surface area contributed by atoms with Crippen LogP contribution in [0.4, 0.5) is 0 Å². The monoisotopic (exact) mass is 206 g/mol. The van der Waals surface area contributed by atoms with Crippen molar-refractivity contribution < 1.29 is 4.74 Å². The first-order valence-corrected chi connectivity index (χ1v) is 6.84. The SMILES string of the molecule is CCCCOCCC1SCCS1. The van der Waals surface area contributed by atoms with Crippen LogP contribution in [-0.2, 0) is 4.74 Å². The van der Waals surface area contributed by atoms with Crippen LogP contribution < -0.4 is 0 Å². The zero-order valence-electron chi connectivity index (χ0n) is 7.75. The van der Waals surface area contributed by atoms with Crippen molar-refractivity contribution >= 4 is 23.5 Å². The number of ether oxygens (including phenoxy) is 1.